The van der Waals surface area contributed by atoms with E-state index in [0.29, 0.717) is 18.7 Å². The molecule has 0 aromatic heterocycles. The molecule has 1 heterocycles. The highest BCUT2D eigenvalue weighted by Gasteiger charge is 2.10. The summed E-state index contributed by atoms with van der Waals surface area (Å²) in [4.78, 5) is 25.3. The monoisotopic (exact) mass is 321 g/mol. The molecule has 1 fully saturated rings. The lowest BCUT2D eigenvalue weighted by atomic mass is 10.1. The molecule has 0 unspecified atom stereocenters. The quantitative estimate of drug-likeness (QED) is 0.750. The summed E-state index contributed by atoms with van der Waals surface area (Å²) >= 11 is 0. The van der Waals surface area contributed by atoms with Crippen molar-refractivity contribution in [1.29, 1.82) is 0 Å². The molecule has 1 aliphatic heterocycles. The molecule has 0 spiro atoms. The van der Waals surface area contributed by atoms with Crippen LogP contribution in [0.4, 0.5) is 4.79 Å². The number of carbonyl (C=O) groups is 2. The molecule has 2 rings (SSSR count). The highest BCUT2D eigenvalue weighted by molar-refractivity contribution is 5.89. The molecule has 126 valence electrons. The van der Waals surface area contributed by atoms with Gasteiger partial charge in [0.15, 0.2) is 0 Å². The molecule has 7 heteroatoms. The SMILES string of the molecule is COC(=O)c1ccc(CNC(=O)NCCN2CCOCC2)cc1. The number of nitrogens with one attached hydrogen (secondary N) is 2. The lowest BCUT2D eigenvalue weighted by Crippen LogP contribution is -2.43. The number of rotatable bonds is 6. The zero-order chi connectivity index (χ0) is 16.5. The second kappa shape index (κ2) is 9.12. The number of morpholine rings is 1. The molecule has 2 amide bonds. The van der Waals surface area contributed by atoms with Crippen molar-refractivity contribution in [3.63, 3.8) is 0 Å². The van der Waals surface area contributed by atoms with Crippen molar-refractivity contribution >= 4 is 12.0 Å². The van der Waals surface area contributed by atoms with Gasteiger partial charge in [0.25, 0.3) is 0 Å². The summed E-state index contributed by atoms with van der Waals surface area (Å²) in [6, 6.07) is 6.74. The summed E-state index contributed by atoms with van der Waals surface area (Å²) in [5.41, 5.74) is 1.41. The molecular weight excluding hydrogens is 298 g/mol. The van der Waals surface area contributed by atoms with Gasteiger partial charge in [-0.1, -0.05) is 12.1 Å². The smallest absolute Gasteiger partial charge is 0.337 e. The van der Waals surface area contributed by atoms with Crippen molar-refractivity contribution in [3.8, 4) is 0 Å². The molecule has 23 heavy (non-hydrogen) atoms. The number of hydrogen-bond acceptors (Lipinski definition) is 5. The van der Waals surface area contributed by atoms with E-state index in [1.807, 2.05) is 0 Å². The maximum atomic E-state index is 11.7. The van der Waals surface area contributed by atoms with E-state index in [0.717, 1.165) is 38.4 Å². The summed E-state index contributed by atoms with van der Waals surface area (Å²) < 4.78 is 9.91. The second-order valence-electron chi connectivity index (χ2n) is 5.25. The van der Waals surface area contributed by atoms with Gasteiger partial charge < -0.3 is 20.1 Å². The molecule has 0 atom stereocenters. The van der Waals surface area contributed by atoms with E-state index < -0.39 is 0 Å². The van der Waals surface area contributed by atoms with Crippen LogP contribution >= 0.6 is 0 Å². The zero-order valence-corrected chi connectivity index (χ0v) is 13.3. The van der Waals surface area contributed by atoms with Crippen molar-refractivity contribution in [3.05, 3.63) is 35.4 Å². The number of esters is 1. The molecule has 0 bridgehead atoms. The maximum absolute atomic E-state index is 11.7. The summed E-state index contributed by atoms with van der Waals surface area (Å²) in [6.45, 7) is 5.18. The van der Waals surface area contributed by atoms with Crippen LogP contribution in [-0.2, 0) is 16.0 Å². The zero-order valence-electron chi connectivity index (χ0n) is 13.3. The van der Waals surface area contributed by atoms with Crippen molar-refractivity contribution < 1.29 is 19.1 Å². The van der Waals surface area contributed by atoms with Gasteiger partial charge in [0.05, 0.1) is 25.9 Å². The fourth-order valence-corrected chi connectivity index (χ4v) is 2.27. The highest BCUT2D eigenvalue weighted by Crippen LogP contribution is 2.05. The van der Waals surface area contributed by atoms with E-state index >= 15 is 0 Å². The third-order valence-electron chi connectivity index (χ3n) is 3.65. The van der Waals surface area contributed by atoms with Gasteiger partial charge in [-0.15, -0.1) is 0 Å². The first-order chi connectivity index (χ1) is 11.2. The predicted molar refractivity (Wildman–Crippen MR) is 85.3 cm³/mol. The highest BCUT2D eigenvalue weighted by atomic mass is 16.5. The molecule has 7 nitrogen and oxygen atoms in total. The van der Waals surface area contributed by atoms with Gasteiger partial charge in [0.1, 0.15) is 0 Å². The summed E-state index contributed by atoms with van der Waals surface area (Å²) in [6.07, 6.45) is 0. The standard InChI is InChI=1S/C16H23N3O4/c1-22-15(20)14-4-2-13(3-5-14)12-18-16(21)17-6-7-19-8-10-23-11-9-19/h2-5H,6-12H2,1H3,(H2,17,18,21). The van der Waals surface area contributed by atoms with Gasteiger partial charge in [-0.25, -0.2) is 9.59 Å². The normalized spacial score (nSPS) is 15.0. The van der Waals surface area contributed by atoms with Gasteiger partial charge in [-0.2, -0.15) is 0 Å². The first kappa shape index (κ1) is 17.2. The molecule has 1 aliphatic rings. The summed E-state index contributed by atoms with van der Waals surface area (Å²) in [7, 11) is 1.35. The fourth-order valence-electron chi connectivity index (χ4n) is 2.27. The average molecular weight is 321 g/mol. The summed E-state index contributed by atoms with van der Waals surface area (Å²) in [5.74, 6) is -0.370. The third-order valence-corrected chi connectivity index (χ3v) is 3.65. The number of ether oxygens (including phenoxy) is 2. The molecule has 2 N–H and O–H groups in total. The van der Waals surface area contributed by atoms with Crippen LogP contribution in [0.15, 0.2) is 24.3 Å². The van der Waals surface area contributed by atoms with E-state index in [2.05, 4.69) is 20.3 Å². The Hall–Kier alpha value is -2.12. The van der Waals surface area contributed by atoms with Crippen molar-refractivity contribution in [2.75, 3.05) is 46.5 Å². The Morgan fingerprint density at radius 1 is 1.17 bits per heavy atom. The van der Waals surface area contributed by atoms with Crippen LogP contribution in [0.5, 0.6) is 0 Å². The number of amides is 2. The van der Waals surface area contributed by atoms with Crippen molar-refractivity contribution in [1.82, 2.24) is 15.5 Å². The van der Waals surface area contributed by atoms with Gasteiger partial charge >= 0.3 is 12.0 Å². The first-order valence-electron chi connectivity index (χ1n) is 7.68. The largest absolute Gasteiger partial charge is 0.465 e. The van der Waals surface area contributed by atoms with Crippen LogP contribution in [-0.4, -0.2) is 63.4 Å². The minimum Gasteiger partial charge on any atom is -0.465 e. The number of carbonyl (C=O) groups excluding carboxylic acids is 2. The van der Waals surface area contributed by atoms with Crippen LogP contribution in [0.3, 0.4) is 0 Å². The average Bonchev–Trinajstić information content (AvgIpc) is 2.60. The molecule has 1 saturated heterocycles. The first-order valence-corrected chi connectivity index (χ1v) is 7.68. The third kappa shape index (κ3) is 5.88. The fraction of sp³-hybridized carbons (Fsp3) is 0.500. The van der Waals surface area contributed by atoms with E-state index in [1.54, 1.807) is 24.3 Å². The number of nitrogens with zero attached hydrogens (tertiary/aromatic N) is 1. The maximum Gasteiger partial charge on any atom is 0.337 e. The molecule has 1 aromatic rings. The Kier molecular flexibility index (Phi) is 6.83. The number of urea groups is 1. The van der Waals surface area contributed by atoms with E-state index in [1.165, 1.54) is 7.11 Å². The molecule has 0 radical (unpaired) electrons. The van der Waals surface area contributed by atoms with Gasteiger partial charge in [-0.3, -0.25) is 4.90 Å². The second-order valence-corrected chi connectivity index (χ2v) is 5.25. The van der Waals surface area contributed by atoms with Gasteiger partial charge in [0.2, 0.25) is 0 Å². The van der Waals surface area contributed by atoms with Crippen LogP contribution in [0.2, 0.25) is 0 Å². The van der Waals surface area contributed by atoms with Gasteiger partial charge in [-0.05, 0) is 17.7 Å². The lowest BCUT2D eigenvalue weighted by molar-refractivity contribution is 0.0387. The van der Waals surface area contributed by atoms with E-state index in [9.17, 15) is 9.59 Å². The van der Waals surface area contributed by atoms with Gasteiger partial charge in [0, 0.05) is 32.7 Å². The number of hydrogen-bond donors (Lipinski definition) is 2. The van der Waals surface area contributed by atoms with E-state index in [-0.39, 0.29) is 12.0 Å². The Balaban J connectivity index is 1.64. The molecule has 0 aliphatic carbocycles. The molecular formula is C16H23N3O4. The Morgan fingerprint density at radius 3 is 2.52 bits per heavy atom. The van der Waals surface area contributed by atoms with Crippen molar-refractivity contribution in [2.24, 2.45) is 0 Å². The van der Waals surface area contributed by atoms with Crippen LogP contribution in [0.25, 0.3) is 0 Å². The Bertz CT molecular complexity index is 513. The number of benzene rings is 1. The van der Waals surface area contributed by atoms with E-state index in [4.69, 9.17) is 4.74 Å². The van der Waals surface area contributed by atoms with Crippen LogP contribution < -0.4 is 10.6 Å². The minimum absolute atomic E-state index is 0.199. The summed E-state index contributed by atoms with van der Waals surface area (Å²) in [5, 5.41) is 5.62. The topological polar surface area (TPSA) is 79.9 Å². The minimum atomic E-state index is -0.370. The Morgan fingerprint density at radius 2 is 1.87 bits per heavy atom. The molecule has 0 saturated carbocycles. The Labute approximate surface area is 135 Å². The van der Waals surface area contributed by atoms with Crippen molar-refractivity contribution in [2.45, 2.75) is 6.54 Å². The number of methoxy groups -OCH3 is 1. The van der Waals surface area contributed by atoms with Crippen LogP contribution in [0, 0.1) is 0 Å². The predicted octanol–water partition coefficient (Wildman–Crippen LogP) is 0.605. The van der Waals surface area contributed by atoms with Crippen LogP contribution in [0.1, 0.15) is 15.9 Å². The lowest BCUT2D eigenvalue weighted by Gasteiger charge is -2.26. The molecule has 1 aromatic carbocycles.